The standard InChI is InChI=1S/C18H13ClF3N3O2S/c1-9-13(10(2)26)5-11(7-23)17(24-9)28-8-16(27)25-15-4-3-12(19)6-14(15)18(20,21)22/h3-6H,8H2,1-2H3,(H,25,27). The molecular weight excluding hydrogens is 415 g/mol. The van der Waals surface area contributed by atoms with Crippen LogP contribution in [0.15, 0.2) is 29.3 Å². The Morgan fingerprint density at radius 1 is 1.32 bits per heavy atom. The number of ketones is 1. The van der Waals surface area contributed by atoms with Gasteiger partial charge < -0.3 is 5.32 Å². The number of nitrogens with zero attached hydrogens (tertiary/aromatic N) is 2. The van der Waals surface area contributed by atoms with E-state index in [9.17, 15) is 28.0 Å². The lowest BCUT2D eigenvalue weighted by molar-refractivity contribution is -0.137. The van der Waals surface area contributed by atoms with Crippen LogP contribution >= 0.6 is 23.4 Å². The van der Waals surface area contributed by atoms with E-state index in [1.54, 1.807) is 6.92 Å². The van der Waals surface area contributed by atoms with Gasteiger partial charge in [0, 0.05) is 16.3 Å². The van der Waals surface area contributed by atoms with Gasteiger partial charge in [0.05, 0.1) is 22.6 Å². The highest BCUT2D eigenvalue weighted by atomic mass is 35.5. The van der Waals surface area contributed by atoms with Crippen molar-refractivity contribution in [2.75, 3.05) is 11.1 Å². The van der Waals surface area contributed by atoms with E-state index in [0.29, 0.717) is 11.3 Å². The Kier molecular flexibility index (Phi) is 6.69. The van der Waals surface area contributed by atoms with Crippen molar-refractivity contribution in [2.45, 2.75) is 25.0 Å². The highest BCUT2D eigenvalue weighted by Gasteiger charge is 2.34. The summed E-state index contributed by atoms with van der Waals surface area (Å²) in [6.07, 6.45) is -4.68. The number of nitrogens with one attached hydrogen (secondary N) is 1. The summed E-state index contributed by atoms with van der Waals surface area (Å²) in [5.41, 5.74) is -0.682. The number of hydrogen-bond acceptors (Lipinski definition) is 5. The molecule has 2 rings (SSSR count). The largest absolute Gasteiger partial charge is 0.418 e. The van der Waals surface area contributed by atoms with Crippen molar-refractivity contribution in [2.24, 2.45) is 0 Å². The van der Waals surface area contributed by atoms with Crippen LogP contribution in [0, 0.1) is 18.3 Å². The minimum atomic E-state index is -4.68. The Hall–Kier alpha value is -2.57. The zero-order valence-corrected chi connectivity index (χ0v) is 16.2. The molecule has 28 heavy (non-hydrogen) atoms. The number of pyridine rings is 1. The van der Waals surface area contributed by atoms with Crippen LogP contribution in [0.3, 0.4) is 0 Å². The molecule has 0 saturated carbocycles. The van der Waals surface area contributed by atoms with E-state index in [1.165, 1.54) is 19.1 Å². The molecule has 1 aromatic carbocycles. The highest BCUT2D eigenvalue weighted by molar-refractivity contribution is 8.00. The molecule has 0 aliphatic rings. The number of aromatic nitrogens is 1. The number of benzene rings is 1. The van der Waals surface area contributed by atoms with Crippen LogP contribution in [0.1, 0.15) is 34.1 Å². The van der Waals surface area contributed by atoms with E-state index in [0.717, 1.165) is 23.9 Å². The molecule has 1 heterocycles. The van der Waals surface area contributed by atoms with Crippen LogP contribution in [-0.2, 0) is 11.0 Å². The molecule has 1 N–H and O–H groups in total. The first kappa shape index (κ1) is 21.7. The van der Waals surface area contributed by atoms with Gasteiger partial charge in [0.1, 0.15) is 11.1 Å². The molecule has 10 heteroatoms. The smallest absolute Gasteiger partial charge is 0.325 e. The second-order valence-corrected chi connectivity index (χ2v) is 7.07. The fourth-order valence-electron chi connectivity index (χ4n) is 2.31. The average Bonchev–Trinajstić information content (AvgIpc) is 2.60. The molecule has 0 aliphatic heterocycles. The maximum Gasteiger partial charge on any atom is 0.418 e. The van der Waals surface area contributed by atoms with Gasteiger partial charge in [-0.15, -0.1) is 0 Å². The van der Waals surface area contributed by atoms with E-state index in [4.69, 9.17) is 11.6 Å². The van der Waals surface area contributed by atoms with Crippen LogP contribution < -0.4 is 5.32 Å². The van der Waals surface area contributed by atoms with Gasteiger partial charge in [-0.05, 0) is 38.1 Å². The van der Waals surface area contributed by atoms with Crippen LogP contribution in [-0.4, -0.2) is 22.4 Å². The maximum absolute atomic E-state index is 13.1. The Morgan fingerprint density at radius 2 is 2.00 bits per heavy atom. The van der Waals surface area contributed by atoms with Crippen LogP contribution in [0.2, 0.25) is 5.02 Å². The van der Waals surface area contributed by atoms with E-state index in [2.05, 4.69) is 10.3 Å². The number of thioether (sulfide) groups is 1. The van der Waals surface area contributed by atoms with Crippen molar-refractivity contribution >= 4 is 40.7 Å². The van der Waals surface area contributed by atoms with Gasteiger partial charge in [-0.25, -0.2) is 4.98 Å². The SMILES string of the molecule is CC(=O)c1cc(C#N)c(SCC(=O)Nc2ccc(Cl)cc2C(F)(F)F)nc1C. The summed E-state index contributed by atoms with van der Waals surface area (Å²) >= 11 is 6.49. The summed E-state index contributed by atoms with van der Waals surface area (Å²) in [6.45, 7) is 2.93. The number of Topliss-reactive ketones (excluding diaryl/α,β-unsaturated/α-hetero) is 1. The lowest BCUT2D eigenvalue weighted by atomic mass is 10.1. The normalized spacial score (nSPS) is 11.0. The third kappa shape index (κ3) is 5.24. The molecular formula is C18H13ClF3N3O2S. The molecule has 0 spiro atoms. The first-order chi connectivity index (χ1) is 13.0. The second-order valence-electron chi connectivity index (χ2n) is 5.67. The minimum Gasteiger partial charge on any atom is -0.325 e. The molecule has 0 saturated heterocycles. The number of halogens is 4. The zero-order valence-electron chi connectivity index (χ0n) is 14.6. The van der Waals surface area contributed by atoms with Gasteiger partial charge in [0.25, 0.3) is 0 Å². The van der Waals surface area contributed by atoms with Crippen molar-refractivity contribution in [3.05, 3.63) is 51.7 Å². The Morgan fingerprint density at radius 3 is 2.57 bits per heavy atom. The van der Waals surface area contributed by atoms with E-state index in [1.807, 2.05) is 6.07 Å². The molecule has 1 aromatic heterocycles. The van der Waals surface area contributed by atoms with Crippen molar-refractivity contribution in [1.29, 1.82) is 5.26 Å². The summed E-state index contributed by atoms with van der Waals surface area (Å²) in [6, 6.07) is 6.31. The number of nitriles is 1. The van der Waals surface area contributed by atoms with Crippen molar-refractivity contribution < 1.29 is 22.8 Å². The molecule has 5 nitrogen and oxygen atoms in total. The monoisotopic (exact) mass is 427 g/mol. The predicted octanol–water partition coefficient (Wildman–Crippen LogP) is 4.87. The van der Waals surface area contributed by atoms with Crippen LogP contribution in [0.25, 0.3) is 0 Å². The Balaban J connectivity index is 2.17. The molecule has 0 radical (unpaired) electrons. The van der Waals surface area contributed by atoms with Gasteiger partial charge in [-0.2, -0.15) is 18.4 Å². The number of alkyl halides is 3. The summed E-state index contributed by atoms with van der Waals surface area (Å²) in [5, 5.41) is 11.5. The maximum atomic E-state index is 13.1. The van der Waals surface area contributed by atoms with E-state index in [-0.39, 0.29) is 27.1 Å². The number of carbonyl (C=O) groups is 2. The lowest BCUT2D eigenvalue weighted by Gasteiger charge is -2.14. The summed E-state index contributed by atoms with van der Waals surface area (Å²) < 4.78 is 39.3. The fourth-order valence-corrected chi connectivity index (χ4v) is 3.28. The third-order valence-electron chi connectivity index (χ3n) is 3.58. The Bertz CT molecular complexity index is 987. The lowest BCUT2D eigenvalue weighted by Crippen LogP contribution is -2.18. The molecule has 0 bridgehead atoms. The van der Waals surface area contributed by atoms with Crippen molar-refractivity contribution in [1.82, 2.24) is 4.98 Å². The van der Waals surface area contributed by atoms with Crippen molar-refractivity contribution in [3.63, 3.8) is 0 Å². The summed E-state index contributed by atoms with van der Waals surface area (Å²) in [5.74, 6) is -1.24. The fraction of sp³-hybridized carbons (Fsp3) is 0.222. The van der Waals surface area contributed by atoms with E-state index >= 15 is 0 Å². The van der Waals surface area contributed by atoms with Gasteiger partial charge in [-0.3, -0.25) is 9.59 Å². The van der Waals surface area contributed by atoms with Crippen LogP contribution in [0.5, 0.6) is 0 Å². The molecule has 146 valence electrons. The Labute approximate surface area is 167 Å². The van der Waals surface area contributed by atoms with Gasteiger partial charge in [-0.1, -0.05) is 23.4 Å². The minimum absolute atomic E-state index is 0.107. The molecule has 0 fully saturated rings. The molecule has 2 aromatic rings. The quantitative estimate of drug-likeness (QED) is 0.543. The highest BCUT2D eigenvalue weighted by Crippen LogP contribution is 2.36. The second kappa shape index (κ2) is 8.63. The summed E-state index contributed by atoms with van der Waals surface area (Å²) in [4.78, 5) is 27.8. The van der Waals surface area contributed by atoms with Gasteiger partial charge in [0.2, 0.25) is 5.91 Å². The molecule has 0 unspecified atom stereocenters. The van der Waals surface area contributed by atoms with Crippen LogP contribution in [0.4, 0.5) is 18.9 Å². The molecule has 0 atom stereocenters. The number of rotatable bonds is 5. The number of anilines is 1. The number of amides is 1. The first-order valence-corrected chi connectivity index (χ1v) is 9.11. The molecule has 0 aliphatic carbocycles. The average molecular weight is 428 g/mol. The van der Waals surface area contributed by atoms with Crippen molar-refractivity contribution in [3.8, 4) is 6.07 Å². The van der Waals surface area contributed by atoms with Gasteiger partial charge in [0.15, 0.2) is 5.78 Å². The van der Waals surface area contributed by atoms with Gasteiger partial charge >= 0.3 is 6.18 Å². The number of carbonyl (C=O) groups excluding carboxylic acids is 2. The topological polar surface area (TPSA) is 82.8 Å². The van der Waals surface area contributed by atoms with E-state index < -0.39 is 23.3 Å². The first-order valence-electron chi connectivity index (χ1n) is 7.75. The zero-order chi connectivity index (χ0) is 21.1. The predicted molar refractivity (Wildman–Crippen MR) is 99.5 cm³/mol. The third-order valence-corrected chi connectivity index (χ3v) is 4.81. The number of hydrogen-bond donors (Lipinski definition) is 1. The summed E-state index contributed by atoms with van der Waals surface area (Å²) in [7, 11) is 0. The number of aryl methyl sites for hydroxylation is 1. The molecule has 1 amide bonds.